The van der Waals surface area contributed by atoms with Gasteiger partial charge in [0.25, 0.3) is 5.91 Å². The third kappa shape index (κ3) is 4.68. The van der Waals surface area contributed by atoms with Gasteiger partial charge >= 0.3 is 0 Å². The summed E-state index contributed by atoms with van der Waals surface area (Å²) in [6, 6.07) is 14.0. The Balaban J connectivity index is 1.39. The van der Waals surface area contributed by atoms with Gasteiger partial charge in [0.15, 0.2) is 0 Å². The summed E-state index contributed by atoms with van der Waals surface area (Å²) in [5.74, 6) is 1.73. The minimum Gasteiger partial charge on any atom is -0.497 e. The first-order valence-corrected chi connectivity index (χ1v) is 11.0. The highest BCUT2D eigenvalue weighted by Gasteiger charge is 2.27. The number of piperazine rings is 1. The predicted octanol–water partition coefficient (Wildman–Crippen LogP) is 3.95. The molecule has 0 bridgehead atoms. The normalized spacial score (nSPS) is 15.7. The van der Waals surface area contributed by atoms with E-state index < -0.39 is 0 Å². The van der Waals surface area contributed by atoms with E-state index in [9.17, 15) is 4.79 Å². The summed E-state index contributed by atoms with van der Waals surface area (Å²) in [4.78, 5) is 18.0. The van der Waals surface area contributed by atoms with Crippen LogP contribution in [0.3, 0.4) is 0 Å². The van der Waals surface area contributed by atoms with E-state index >= 15 is 0 Å². The average Bonchev–Trinajstić information content (AvgIpc) is 3.46. The van der Waals surface area contributed by atoms with Crippen molar-refractivity contribution >= 4 is 22.9 Å². The van der Waals surface area contributed by atoms with Gasteiger partial charge in [0.2, 0.25) is 0 Å². The number of carbonyl (C=O) groups is 1. The number of nitrogens with one attached hydrogen (secondary N) is 1. The molecular weight excluding hydrogens is 398 g/mol. The molecule has 1 saturated heterocycles. The lowest BCUT2D eigenvalue weighted by Crippen LogP contribution is -2.49. The lowest BCUT2D eigenvalue weighted by molar-refractivity contribution is 0.0927. The molecule has 2 aromatic heterocycles. The monoisotopic (exact) mass is 425 g/mol. The molecule has 1 fully saturated rings. The zero-order valence-electron chi connectivity index (χ0n) is 17.3. The molecule has 1 aliphatic heterocycles. The smallest absolute Gasteiger partial charge is 0.261 e. The van der Waals surface area contributed by atoms with Crippen molar-refractivity contribution in [3.63, 3.8) is 0 Å². The number of hydrogen-bond donors (Lipinski definition) is 1. The minimum absolute atomic E-state index is 0.0167. The molecule has 0 aliphatic carbocycles. The lowest BCUT2D eigenvalue weighted by atomic mass is 10.1. The second kappa shape index (κ2) is 9.36. The van der Waals surface area contributed by atoms with E-state index in [1.165, 1.54) is 17.0 Å². The molecule has 6 nitrogen and oxygen atoms in total. The van der Waals surface area contributed by atoms with Crippen molar-refractivity contribution in [1.29, 1.82) is 0 Å². The number of furan rings is 1. The zero-order valence-corrected chi connectivity index (χ0v) is 18.2. The quantitative estimate of drug-likeness (QED) is 0.621. The molecule has 1 amide bonds. The highest BCUT2D eigenvalue weighted by molar-refractivity contribution is 7.12. The zero-order chi connectivity index (χ0) is 20.9. The van der Waals surface area contributed by atoms with Crippen molar-refractivity contribution in [2.75, 3.05) is 44.7 Å². The molecule has 1 N–H and O–H groups in total. The van der Waals surface area contributed by atoms with Gasteiger partial charge in [-0.25, -0.2) is 0 Å². The summed E-state index contributed by atoms with van der Waals surface area (Å²) in [5.41, 5.74) is 2.31. The van der Waals surface area contributed by atoms with Gasteiger partial charge in [-0.2, -0.15) is 0 Å². The van der Waals surface area contributed by atoms with Crippen LogP contribution in [-0.4, -0.2) is 50.6 Å². The average molecular weight is 426 g/mol. The molecule has 30 heavy (non-hydrogen) atoms. The van der Waals surface area contributed by atoms with E-state index in [-0.39, 0.29) is 11.9 Å². The summed E-state index contributed by atoms with van der Waals surface area (Å²) in [6.07, 6.45) is 1.69. The summed E-state index contributed by atoms with van der Waals surface area (Å²) in [7, 11) is 1.68. The van der Waals surface area contributed by atoms with Gasteiger partial charge in [-0.15, -0.1) is 11.3 Å². The van der Waals surface area contributed by atoms with E-state index in [2.05, 4.69) is 27.2 Å². The molecule has 1 atom stereocenters. The molecule has 1 aromatic carbocycles. The Morgan fingerprint density at radius 2 is 1.97 bits per heavy atom. The Morgan fingerprint density at radius 1 is 1.20 bits per heavy atom. The van der Waals surface area contributed by atoms with E-state index in [1.54, 1.807) is 13.4 Å². The maximum Gasteiger partial charge on any atom is 0.261 e. The number of aryl methyl sites for hydroxylation is 1. The van der Waals surface area contributed by atoms with Crippen molar-refractivity contribution < 1.29 is 13.9 Å². The maximum atomic E-state index is 12.5. The van der Waals surface area contributed by atoms with Crippen molar-refractivity contribution in [1.82, 2.24) is 10.2 Å². The van der Waals surface area contributed by atoms with Crippen LogP contribution in [0.25, 0.3) is 0 Å². The minimum atomic E-state index is -0.0264. The Kier molecular flexibility index (Phi) is 6.40. The van der Waals surface area contributed by atoms with Gasteiger partial charge in [0, 0.05) is 38.4 Å². The van der Waals surface area contributed by atoms with Gasteiger partial charge in [-0.3, -0.25) is 9.69 Å². The number of hydrogen-bond acceptors (Lipinski definition) is 6. The number of rotatable bonds is 7. The fraction of sp³-hybridized carbons (Fsp3) is 0.348. The highest BCUT2D eigenvalue weighted by Crippen LogP contribution is 2.26. The van der Waals surface area contributed by atoms with E-state index in [1.807, 2.05) is 42.6 Å². The number of methoxy groups -OCH3 is 1. The van der Waals surface area contributed by atoms with Gasteiger partial charge in [0.05, 0.1) is 24.3 Å². The van der Waals surface area contributed by atoms with E-state index in [0.717, 1.165) is 48.1 Å². The van der Waals surface area contributed by atoms with Gasteiger partial charge in [-0.05, 0) is 60.3 Å². The number of thiophene rings is 1. The Bertz CT molecular complexity index is 945. The van der Waals surface area contributed by atoms with Crippen molar-refractivity contribution in [2.45, 2.75) is 13.0 Å². The largest absolute Gasteiger partial charge is 0.497 e. The lowest BCUT2D eigenvalue weighted by Gasteiger charge is -2.39. The number of anilines is 1. The standard InChI is InChI=1S/C23H27N3O3S/c1-17-14-22(30-16-17)23(27)24-15-20(21-4-3-13-29-21)26-11-9-25(10-12-26)18-5-7-19(28-2)8-6-18/h3-8,13-14,16,20H,9-12,15H2,1-2H3,(H,24,27). The van der Waals surface area contributed by atoms with Crippen molar-refractivity contribution in [2.24, 2.45) is 0 Å². The SMILES string of the molecule is COc1ccc(N2CCN(C(CNC(=O)c3cc(C)cs3)c3ccco3)CC2)cc1. The van der Waals surface area contributed by atoms with E-state index in [4.69, 9.17) is 9.15 Å². The molecule has 7 heteroatoms. The predicted molar refractivity (Wildman–Crippen MR) is 120 cm³/mol. The second-order valence-corrected chi connectivity index (χ2v) is 8.36. The van der Waals surface area contributed by atoms with Crippen LogP contribution in [0, 0.1) is 6.92 Å². The molecule has 0 spiro atoms. The molecular formula is C23H27N3O3S. The van der Waals surface area contributed by atoms with Crippen LogP contribution in [0.15, 0.2) is 58.5 Å². The van der Waals surface area contributed by atoms with Crippen LogP contribution in [0.4, 0.5) is 5.69 Å². The molecule has 158 valence electrons. The topological polar surface area (TPSA) is 58.0 Å². The summed E-state index contributed by atoms with van der Waals surface area (Å²) >= 11 is 1.48. The first-order valence-electron chi connectivity index (χ1n) is 10.1. The van der Waals surface area contributed by atoms with Crippen LogP contribution >= 0.6 is 11.3 Å². The van der Waals surface area contributed by atoms with Crippen molar-refractivity contribution in [3.8, 4) is 5.75 Å². The first-order chi connectivity index (χ1) is 14.6. The summed E-state index contributed by atoms with van der Waals surface area (Å²) in [5, 5.41) is 5.09. The number of carbonyl (C=O) groups excluding carboxylic acids is 1. The summed E-state index contributed by atoms with van der Waals surface area (Å²) in [6.45, 7) is 6.15. The van der Waals surface area contributed by atoms with Crippen LogP contribution in [0.5, 0.6) is 5.75 Å². The Morgan fingerprint density at radius 3 is 2.57 bits per heavy atom. The van der Waals surface area contributed by atoms with Crippen LogP contribution in [-0.2, 0) is 0 Å². The molecule has 0 saturated carbocycles. The molecule has 1 unspecified atom stereocenters. The van der Waals surface area contributed by atoms with Gasteiger partial charge in [0.1, 0.15) is 11.5 Å². The van der Waals surface area contributed by atoms with Gasteiger partial charge in [-0.1, -0.05) is 0 Å². The molecule has 4 rings (SSSR count). The fourth-order valence-electron chi connectivity index (χ4n) is 3.80. The maximum absolute atomic E-state index is 12.5. The van der Waals surface area contributed by atoms with Gasteiger partial charge < -0.3 is 19.4 Å². The first kappa shape index (κ1) is 20.5. The Labute approximate surface area is 181 Å². The van der Waals surface area contributed by atoms with Crippen LogP contribution < -0.4 is 15.0 Å². The molecule has 3 heterocycles. The third-order valence-corrected chi connectivity index (χ3v) is 6.52. The van der Waals surface area contributed by atoms with Crippen LogP contribution in [0.1, 0.15) is 27.0 Å². The number of nitrogens with zero attached hydrogens (tertiary/aromatic N) is 2. The summed E-state index contributed by atoms with van der Waals surface area (Å²) < 4.78 is 11.0. The fourth-order valence-corrected chi connectivity index (χ4v) is 4.62. The third-order valence-electron chi connectivity index (χ3n) is 5.47. The molecule has 0 radical (unpaired) electrons. The van der Waals surface area contributed by atoms with Crippen molar-refractivity contribution in [3.05, 3.63) is 70.3 Å². The molecule has 3 aromatic rings. The molecule has 1 aliphatic rings. The highest BCUT2D eigenvalue weighted by atomic mass is 32.1. The second-order valence-electron chi connectivity index (χ2n) is 7.45. The number of ether oxygens (including phenoxy) is 1. The van der Waals surface area contributed by atoms with Crippen LogP contribution in [0.2, 0.25) is 0 Å². The number of amides is 1. The number of benzene rings is 1. The Hall–Kier alpha value is -2.77. The van der Waals surface area contributed by atoms with E-state index in [0.29, 0.717) is 6.54 Å².